The highest BCUT2D eigenvalue weighted by Gasteiger charge is 2.49. The van der Waals surface area contributed by atoms with Gasteiger partial charge in [0.15, 0.2) is 5.79 Å². The maximum absolute atomic E-state index is 5.97. The second kappa shape index (κ2) is 3.56. The Morgan fingerprint density at radius 2 is 2.12 bits per heavy atom. The van der Waals surface area contributed by atoms with Gasteiger partial charge in [0.25, 0.3) is 0 Å². The lowest BCUT2D eigenvalue weighted by atomic mass is 9.86. The Hall–Kier alpha value is -0.380. The molecule has 3 fully saturated rings. The van der Waals surface area contributed by atoms with Crippen molar-refractivity contribution in [1.82, 2.24) is 4.90 Å². The van der Waals surface area contributed by atoms with Crippen molar-refractivity contribution < 1.29 is 9.47 Å². The fourth-order valence-corrected chi connectivity index (χ4v) is 3.33. The Balaban J connectivity index is 1.82. The van der Waals surface area contributed by atoms with Crippen LogP contribution in [-0.4, -0.2) is 42.0 Å². The molecule has 3 nitrogen and oxygen atoms in total. The van der Waals surface area contributed by atoms with Crippen LogP contribution in [0.5, 0.6) is 0 Å². The van der Waals surface area contributed by atoms with Gasteiger partial charge in [-0.1, -0.05) is 13.0 Å². The van der Waals surface area contributed by atoms with Gasteiger partial charge in [0, 0.05) is 12.6 Å². The van der Waals surface area contributed by atoms with E-state index < -0.39 is 5.79 Å². The molecule has 0 N–H and O–H groups in total. The molecule has 3 aliphatic heterocycles. The van der Waals surface area contributed by atoms with E-state index in [0.717, 1.165) is 6.54 Å². The number of ether oxygens (including phenoxy) is 2. The molecule has 3 rings (SSSR count). The molecule has 0 bridgehead atoms. The smallest absolute Gasteiger partial charge is 0.164 e. The number of piperidine rings is 2. The van der Waals surface area contributed by atoms with Gasteiger partial charge in [-0.15, -0.1) is 0 Å². The van der Waals surface area contributed by atoms with Crippen LogP contribution in [0.1, 0.15) is 33.1 Å². The molecular weight excluding hydrogens is 202 g/mol. The van der Waals surface area contributed by atoms with Gasteiger partial charge in [-0.3, -0.25) is 4.90 Å². The molecule has 0 aromatic heterocycles. The quantitative estimate of drug-likeness (QED) is 0.586. The van der Waals surface area contributed by atoms with Crippen LogP contribution < -0.4 is 0 Å². The normalized spacial score (nSPS) is 42.9. The minimum absolute atomic E-state index is 0.120. The first kappa shape index (κ1) is 10.8. The van der Waals surface area contributed by atoms with E-state index in [2.05, 4.69) is 11.5 Å². The van der Waals surface area contributed by atoms with Crippen molar-refractivity contribution in [2.75, 3.05) is 13.1 Å². The van der Waals surface area contributed by atoms with E-state index >= 15 is 0 Å². The molecule has 0 aromatic rings. The van der Waals surface area contributed by atoms with Crippen molar-refractivity contribution in [3.8, 4) is 0 Å². The summed E-state index contributed by atoms with van der Waals surface area (Å²) in [5, 5.41) is 0. The highest BCUT2D eigenvalue weighted by molar-refractivity contribution is 5.20. The van der Waals surface area contributed by atoms with Gasteiger partial charge in [0.2, 0.25) is 0 Å². The van der Waals surface area contributed by atoms with Gasteiger partial charge < -0.3 is 9.47 Å². The topological polar surface area (TPSA) is 21.7 Å². The average molecular weight is 223 g/mol. The van der Waals surface area contributed by atoms with Crippen LogP contribution >= 0.6 is 0 Å². The molecule has 0 aromatic carbocycles. The zero-order valence-corrected chi connectivity index (χ0v) is 10.2. The molecule has 16 heavy (non-hydrogen) atoms. The summed E-state index contributed by atoms with van der Waals surface area (Å²) in [7, 11) is 0. The van der Waals surface area contributed by atoms with Crippen molar-refractivity contribution in [1.29, 1.82) is 0 Å². The van der Waals surface area contributed by atoms with Crippen LogP contribution in [0, 0.1) is 0 Å². The average Bonchev–Trinajstić information content (AvgIpc) is 2.53. The first-order valence-electron chi connectivity index (χ1n) is 6.35. The third-order valence-electron chi connectivity index (χ3n) is 4.01. The first-order chi connectivity index (χ1) is 7.57. The van der Waals surface area contributed by atoms with E-state index in [1.165, 1.54) is 31.4 Å². The summed E-state index contributed by atoms with van der Waals surface area (Å²) in [5.74, 6) is -0.438. The molecule has 0 amide bonds. The van der Waals surface area contributed by atoms with Crippen LogP contribution in [0.2, 0.25) is 0 Å². The van der Waals surface area contributed by atoms with E-state index in [0.29, 0.717) is 6.04 Å². The summed E-state index contributed by atoms with van der Waals surface area (Å²) in [6.07, 6.45) is 4.19. The van der Waals surface area contributed by atoms with Crippen molar-refractivity contribution in [2.24, 2.45) is 0 Å². The zero-order valence-electron chi connectivity index (χ0n) is 10.2. The fraction of sp³-hybridized carbons (Fsp3) is 0.846. The summed E-state index contributed by atoms with van der Waals surface area (Å²) in [4.78, 5) is 2.53. The molecule has 0 saturated carbocycles. The number of fused-ring (bicyclic) bond motifs is 2. The van der Waals surface area contributed by atoms with Gasteiger partial charge in [-0.2, -0.15) is 0 Å². The Kier molecular flexibility index (Phi) is 2.39. The van der Waals surface area contributed by atoms with E-state index in [1.807, 2.05) is 13.8 Å². The van der Waals surface area contributed by atoms with E-state index in [-0.39, 0.29) is 12.2 Å². The summed E-state index contributed by atoms with van der Waals surface area (Å²) in [5.41, 5.74) is 1.24. The van der Waals surface area contributed by atoms with Crippen molar-refractivity contribution >= 4 is 0 Å². The summed E-state index contributed by atoms with van der Waals surface area (Å²) < 4.78 is 11.9. The van der Waals surface area contributed by atoms with Crippen molar-refractivity contribution in [3.05, 3.63) is 12.2 Å². The zero-order chi connectivity index (χ0) is 11.3. The molecule has 0 aliphatic carbocycles. The molecule has 0 spiro atoms. The van der Waals surface area contributed by atoms with E-state index in [4.69, 9.17) is 9.47 Å². The van der Waals surface area contributed by atoms with Gasteiger partial charge in [0.05, 0.1) is 0 Å². The number of hydrogen-bond acceptors (Lipinski definition) is 3. The van der Waals surface area contributed by atoms with Crippen molar-refractivity contribution in [3.63, 3.8) is 0 Å². The molecule has 3 heterocycles. The predicted octanol–water partition coefficient (Wildman–Crippen LogP) is 1.93. The van der Waals surface area contributed by atoms with E-state index in [9.17, 15) is 0 Å². The first-order valence-corrected chi connectivity index (χ1v) is 6.35. The molecular formula is C13H21NO2. The Bertz CT molecular complexity index is 313. The minimum Gasteiger partial charge on any atom is -0.343 e. The van der Waals surface area contributed by atoms with Crippen LogP contribution in [0.3, 0.4) is 0 Å². The summed E-state index contributed by atoms with van der Waals surface area (Å²) in [6.45, 7) is 10.5. The standard InChI is InChI=1S/C13H21NO2/c1-9-10-6-4-5-7-14(10)8-11-12(9)16-13(2,3)15-11/h10-12H,1,4-8H2,2-3H3/t10-,11+,12+/m0/s1. The summed E-state index contributed by atoms with van der Waals surface area (Å²) in [6, 6.07) is 0.535. The maximum Gasteiger partial charge on any atom is 0.164 e. The highest BCUT2D eigenvalue weighted by Crippen LogP contribution is 2.39. The molecule has 90 valence electrons. The van der Waals surface area contributed by atoms with Crippen LogP contribution in [0.25, 0.3) is 0 Å². The minimum atomic E-state index is -0.438. The number of hydrogen-bond donors (Lipinski definition) is 0. The molecule has 0 radical (unpaired) electrons. The lowest BCUT2D eigenvalue weighted by molar-refractivity contribution is -0.143. The third kappa shape index (κ3) is 1.62. The molecule has 3 heteroatoms. The number of rotatable bonds is 0. The molecule has 3 atom stereocenters. The molecule has 0 unspecified atom stereocenters. The Labute approximate surface area is 97.4 Å². The van der Waals surface area contributed by atoms with Crippen LogP contribution in [0.15, 0.2) is 12.2 Å². The molecule has 3 aliphatic rings. The largest absolute Gasteiger partial charge is 0.343 e. The highest BCUT2D eigenvalue weighted by atomic mass is 16.8. The molecule has 3 saturated heterocycles. The van der Waals surface area contributed by atoms with Crippen LogP contribution in [-0.2, 0) is 9.47 Å². The monoisotopic (exact) mass is 223 g/mol. The maximum atomic E-state index is 5.97. The lowest BCUT2D eigenvalue weighted by Gasteiger charge is -2.44. The Morgan fingerprint density at radius 3 is 2.94 bits per heavy atom. The lowest BCUT2D eigenvalue weighted by Crippen LogP contribution is -2.54. The summed E-state index contributed by atoms with van der Waals surface area (Å²) >= 11 is 0. The number of nitrogens with zero attached hydrogens (tertiary/aromatic N) is 1. The SMILES string of the molecule is C=C1[C@H]2OC(C)(C)O[C@@H]2CN2CCCC[C@@H]12. The second-order valence-electron chi connectivity index (χ2n) is 5.68. The van der Waals surface area contributed by atoms with Crippen molar-refractivity contribution in [2.45, 2.75) is 57.1 Å². The fourth-order valence-electron chi connectivity index (χ4n) is 3.33. The van der Waals surface area contributed by atoms with Gasteiger partial charge in [0.1, 0.15) is 12.2 Å². The van der Waals surface area contributed by atoms with Crippen LogP contribution in [0.4, 0.5) is 0 Å². The van der Waals surface area contributed by atoms with Gasteiger partial charge in [-0.25, -0.2) is 0 Å². The second-order valence-corrected chi connectivity index (χ2v) is 5.68. The van der Waals surface area contributed by atoms with Gasteiger partial charge in [-0.05, 0) is 38.8 Å². The predicted molar refractivity (Wildman–Crippen MR) is 62.2 cm³/mol. The Morgan fingerprint density at radius 1 is 1.31 bits per heavy atom. The third-order valence-corrected chi connectivity index (χ3v) is 4.01. The van der Waals surface area contributed by atoms with Gasteiger partial charge >= 0.3 is 0 Å². The van der Waals surface area contributed by atoms with E-state index in [1.54, 1.807) is 0 Å².